The van der Waals surface area contributed by atoms with Crippen LogP contribution in [-0.2, 0) is 17.1 Å². The van der Waals surface area contributed by atoms with E-state index >= 15 is 0 Å². The standard InChI is InChI=1S/C17H35NOS.CH3NOS.Fe/c1-5-9-11-15(7-3)13-18(17(19)20)14-16(8-4)12-10-6-2;2-1(3)4;/h15-16H,5-14H2,1-4H3,(H,19,20);(H3,2,3,4);. The maximum atomic E-state index is 11.8. The second-order valence-corrected chi connectivity index (χ2v) is 7.18. The van der Waals surface area contributed by atoms with E-state index in [1.54, 1.807) is 0 Å². The minimum Gasteiger partial charge on any atom is -0.361 e. The molecule has 0 saturated carbocycles. The Balaban J connectivity index is -0.000000867. The molecule has 2 N–H and O–H groups in total. The van der Waals surface area contributed by atoms with Crippen molar-refractivity contribution < 1.29 is 26.7 Å². The second kappa shape index (κ2) is 20.5. The molecule has 0 fully saturated rings. The number of hydrogen-bond acceptors (Lipinski definition) is 2. The number of nitrogens with zero attached hydrogens (tertiary/aromatic N) is 1. The molecule has 0 saturated heterocycles. The molecule has 0 aliphatic heterocycles. The minimum atomic E-state index is -0.639. The van der Waals surface area contributed by atoms with Crippen molar-refractivity contribution in [3.8, 4) is 0 Å². The number of nitrogens with two attached hydrogens (primary N) is 1. The van der Waals surface area contributed by atoms with Gasteiger partial charge in [0.15, 0.2) is 0 Å². The molecule has 0 aromatic heterocycles. The molecule has 0 rings (SSSR count). The van der Waals surface area contributed by atoms with E-state index < -0.39 is 5.24 Å². The minimum absolute atomic E-state index is 0. The molecule has 0 aliphatic carbocycles. The van der Waals surface area contributed by atoms with Gasteiger partial charge in [0.05, 0.1) is 0 Å². The summed E-state index contributed by atoms with van der Waals surface area (Å²) in [6.45, 7) is 10.7. The van der Waals surface area contributed by atoms with Crippen LogP contribution in [0.1, 0.15) is 79.1 Å². The normalized spacial score (nSPS) is 12.2. The number of hydrogen-bond donors (Lipinski definition) is 3. The van der Waals surface area contributed by atoms with Gasteiger partial charge >= 0.3 is 0 Å². The van der Waals surface area contributed by atoms with E-state index in [2.05, 4.69) is 58.7 Å². The van der Waals surface area contributed by atoms with Crippen LogP contribution in [-0.4, -0.2) is 28.5 Å². The molecule has 2 unspecified atom stereocenters. The Bertz CT molecular complexity index is 312. The van der Waals surface area contributed by atoms with Crippen molar-refractivity contribution in [2.24, 2.45) is 17.6 Å². The Morgan fingerprint density at radius 2 is 1.20 bits per heavy atom. The summed E-state index contributed by atoms with van der Waals surface area (Å²) in [7, 11) is 0. The van der Waals surface area contributed by atoms with Gasteiger partial charge in [-0.1, -0.05) is 91.5 Å². The van der Waals surface area contributed by atoms with E-state index in [1.165, 1.54) is 38.5 Å². The third-order valence-electron chi connectivity index (χ3n) is 4.31. The predicted molar refractivity (Wildman–Crippen MR) is 111 cm³/mol. The van der Waals surface area contributed by atoms with Crippen molar-refractivity contribution in [1.29, 1.82) is 0 Å². The Morgan fingerprint density at radius 3 is 1.40 bits per heavy atom. The van der Waals surface area contributed by atoms with E-state index in [-0.39, 0.29) is 22.3 Å². The Hall–Kier alpha value is 0.159. The first-order valence-corrected chi connectivity index (χ1v) is 10.2. The van der Waals surface area contributed by atoms with Crippen LogP contribution in [0.25, 0.3) is 0 Å². The maximum absolute atomic E-state index is 11.8. The Labute approximate surface area is 176 Å². The molecule has 0 aliphatic rings. The van der Waals surface area contributed by atoms with E-state index in [1.807, 2.05) is 4.90 Å². The van der Waals surface area contributed by atoms with Crippen molar-refractivity contribution >= 4 is 35.7 Å². The van der Waals surface area contributed by atoms with Gasteiger partial charge in [-0.05, 0) is 24.7 Å². The molecule has 25 heavy (non-hydrogen) atoms. The van der Waals surface area contributed by atoms with Gasteiger partial charge in [0, 0.05) is 30.2 Å². The zero-order valence-corrected chi connectivity index (χ0v) is 19.2. The fraction of sp³-hybridized carbons (Fsp3) is 0.889. The average Bonchev–Trinajstić information content (AvgIpc) is 2.52. The zero-order chi connectivity index (χ0) is 19.0. The number of rotatable bonds is 12. The number of primary amides is 1. The van der Waals surface area contributed by atoms with Crippen molar-refractivity contribution in [2.75, 3.05) is 13.1 Å². The van der Waals surface area contributed by atoms with Crippen LogP contribution in [0, 0.1) is 11.8 Å². The van der Waals surface area contributed by atoms with Gasteiger partial charge in [0.25, 0.3) is 10.5 Å². The molecule has 152 valence electrons. The number of carbonyl (C=O) groups excluding carboxylic acids is 2. The maximum Gasteiger partial charge on any atom is 0.278 e. The zero-order valence-electron chi connectivity index (χ0n) is 16.3. The summed E-state index contributed by atoms with van der Waals surface area (Å²) in [6, 6.07) is 0. The Morgan fingerprint density at radius 1 is 0.880 bits per heavy atom. The van der Waals surface area contributed by atoms with E-state index in [0.29, 0.717) is 11.8 Å². The number of carbonyl (C=O) groups is 2. The van der Waals surface area contributed by atoms with Crippen LogP contribution in [0.4, 0.5) is 9.59 Å². The third kappa shape index (κ3) is 20.3. The molecular weight excluding hydrogens is 396 g/mol. The van der Waals surface area contributed by atoms with Crippen molar-refractivity contribution in [3.05, 3.63) is 0 Å². The van der Waals surface area contributed by atoms with Gasteiger partial charge in [0.2, 0.25) is 0 Å². The average molecular weight is 434 g/mol. The molecule has 0 heterocycles. The quantitative estimate of drug-likeness (QED) is 0.270. The van der Waals surface area contributed by atoms with Gasteiger partial charge in [-0.25, -0.2) is 0 Å². The van der Waals surface area contributed by atoms with Crippen LogP contribution >= 0.6 is 25.3 Å². The van der Waals surface area contributed by atoms with Crippen molar-refractivity contribution in [2.45, 2.75) is 79.1 Å². The van der Waals surface area contributed by atoms with Gasteiger partial charge in [-0.2, -0.15) is 0 Å². The van der Waals surface area contributed by atoms with Gasteiger partial charge in [-0.3, -0.25) is 9.59 Å². The number of thiol groups is 2. The van der Waals surface area contributed by atoms with Crippen LogP contribution in [0.3, 0.4) is 0 Å². The molecule has 2 amide bonds. The summed E-state index contributed by atoms with van der Waals surface area (Å²) >= 11 is 7.19. The summed E-state index contributed by atoms with van der Waals surface area (Å²) in [6.07, 6.45) is 9.78. The summed E-state index contributed by atoms with van der Waals surface area (Å²) in [5.74, 6) is 1.27. The Kier molecular flexibility index (Phi) is 24.5. The number of amides is 2. The monoisotopic (exact) mass is 434 g/mol. The van der Waals surface area contributed by atoms with Crippen molar-refractivity contribution in [3.63, 3.8) is 0 Å². The largest absolute Gasteiger partial charge is 0.361 e. The summed E-state index contributed by atoms with van der Waals surface area (Å²) < 4.78 is 0. The smallest absolute Gasteiger partial charge is 0.278 e. The first-order valence-electron chi connectivity index (χ1n) is 9.28. The van der Waals surface area contributed by atoms with Crippen LogP contribution < -0.4 is 5.73 Å². The van der Waals surface area contributed by atoms with Crippen LogP contribution in [0.2, 0.25) is 0 Å². The summed E-state index contributed by atoms with van der Waals surface area (Å²) in [4.78, 5) is 22.9. The van der Waals surface area contributed by atoms with Crippen LogP contribution in [0.5, 0.6) is 0 Å². The third-order valence-corrected chi connectivity index (χ3v) is 4.60. The molecule has 2 atom stereocenters. The molecule has 0 radical (unpaired) electrons. The SMILES string of the molecule is CCCCC(CC)CN(CC(CC)CCCC)C(=O)S.NC(=O)S.[Fe]. The van der Waals surface area contributed by atoms with E-state index in [9.17, 15) is 4.79 Å². The molecule has 0 bridgehead atoms. The summed E-state index contributed by atoms with van der Waals surface area (Å²) in [5, 5.41) is -0.685. The molecule has 0 aromatic carbocycles. The first-order chi connectivity index (χ1) is 11.3. The second-order valence-electron chi connectivity index (χ2n) is 6.36. The van der Waals surface area contributed by atoms with E-state index in [0.717, 1.165) is 25.9 Å². The molecular formula is C18H38FeN2O2S2. The van der Waals surface area contributed by atoms with Crippen LogP contribution in [0.15, 0.2) is 0 Å². The molecule has 7 heteroatoms. The summed E-state index contributed by atoms with van der Waals surface area (Å²) in [5.41, 5.74) is 4.34. The van der Waals surface area contributed by atoms with Crippen molar-refractivity contribution in [1.82, 2.24) is 4.90 Å². The van der Waals surface area contributed by atoms with Gasteiger partial charge in [-0.15, -0.1) is 0 Å². The molecule has 4 nitrogen and oxygen atoms in total. The van der Waals surface area contributed by atoms with E-state index in [4.69, 9.17) is 4.79 Å². The van der Waals surface area contributed by atoms with Gasteiger partial charge in [0.1, 0.15) is 0 Å². The predicted octanol–water partition coefficient (Wildman–Crippen LogP) is 5.76. The fourth-order valence-electron chi connectivity index (χ4n) is 2.69. The van der Waals surface area contributed by atoms with Gasteiger partial charge < -0.3 is 10.6 Å². The molecule has 0 spiro atoms. The number of unbranched alkanes of at least 4 members (excludes halogenated alkanes) is 2. The fourth-order valence-corrected chi connectivity index (χ4v) is 2.85. The first kappa shape index (κ1) is 29.9. The molecule has 0 aromatic rings. The topological polar surface area (TPSA) is 63.4 Å².